The summed E-state index contributed by atoms with van der Waals surface area (Å²) in [6.45, 7) is 5.80. The van der Waals surface area contributed by atoms with E-state index in [0.29, 0.717) is 12.3 Å². The first-order chi connectivity index (χ1) is 9.52. The average Bonchev–Trinajstić information content (AvgIpc) is 2.29. The smallest absolute Gasteiger partial charge is 0.338 e. The zero-order valence-corrected chi connectivity index (χ0v) is 15.6. The van der Waals surface area contributed by atoms with Crippen molar-refractivity contribution >= 4 is 53.2 Å². The molecule has 4 nitrogen and oxygen atoms in total. The molecule has 8 heteroatoms. The van der Waals surface area contributed by atoms with Crippen LogP contribution in [0.4, 0.5) is 0 Å². The number of hydrogen-bond donors (Lipinski definition) is 0. The van der Waals surface area contributed by atoms with Gasteiger partial charge in [0.25, 0.3) is 9.05 Å². The molecule has 118 valence electrons. The normalized spacial score (nSPS) is 13.3. The Hall–Kier alpha value is -0.300. The van der Waals surface area contributed by atoms with E-state index in [1.54, 1.807) is 6.92 Å². The summed E-state index contributed by atoms with van der Waals surface area (Å²) >= 11 is 8.95. The lowest BCUT2D eigenvalue weighted by atomic mass is 10.1. The minimum atomic E-state index is -4.03. The van der Waals surface area contributed by atoms with Gasteiger partial charge in [-0.15, -0.1) is 0 Å². The minimum absolute atomic E-state index is 0.0398. The van der Waals surface area contributed by atoms with Gasteiger partial charge in [-0.25, -0.2) is 13.2 Å². The van der Waals surface area contributed by atoms with Crippen LogP contribution in [0.25, 0.3) is 0 Å². The Morgan fingerprint density at radius 1 is 1.33 bits per heavy atom. The summed E-state index contributed by atoms with van der Waals surface area (Å²) in [7, 11) is 1.29. The predicted molar refractivity (Wildman–Crippen MR) is 86.5 cm³/mol. The second kappa shape index (κ2) is 7.31. The second-order valence-corrected chi connectivity index (χ2v) is 8.79. The van der Waals surface area contributed by atoms with Gasteiger partial charge in [-0.2, -0.15) is 0 Å². The van der Waals surface area contributed by atoms with Gasteiger partial charge in [0.15, 0.2) is 0 Å². The Morgan fingerprint density at radius 2 is 1.90 bits per heavy atom. The summed E-state index contributed by atoms with van der Waals surface area (Å²) in [4.78, 5) is 11.8. The van der Waals surface area contributed by atoms with Crippen LogP contribution < -0.4 is 0 Å². The number of rotatable bonds is 5. The number of halogens is 3. The molecule has 1 aromatic carbocycles. The van der Waals surface area contributed by atoms with E-state index in [0.717, 1.165) is 6.07 Å². The number of benzene rings is 1. The number of carbonyl (C=O) groups is 1. The fraction of sp³-hybridized carbons (Fsp3) is 0.462. The molecule has 1 unspecified atom stereocenters. The zero-order chi connectivity index (χ0) is 16.4. The summed E-state index contributed by atoms with van der Waals surface area (Å²) in [5, 5.41) is 0.0696. The van der Waals surface area contributed by atoms with Gasteiger partial charge in [0.1, 0.15) is 0 Å². The summed E-state index contributed by atoms with van der Waals surface area (Å²) in [6, 6.07) is 2.48. The van der Waals surface area contributed by atoms with Gasteiger partial charge in [-0.05, 0) is 47.3 Å². The highest BCUT2D eigenvalue weighted by molar-refractivity contribution is 9.10. The molecule has 0 aliphatic carbocycles. The molecule has 0 aromatic heterocycles. The second-order valence-electron chi connectivity index (χ2n) is 5.05. The number of ether oxygens (including phenoxy) is 1. The maximum atomic E-state index is 12.0. The van der Waals surface area contributed by atoms with Crippen molar-refractivity contribution in [2.75, 3.05) is 0 Å². The summed E-state index contributed by atoms with van der Waals surface area (Å²) in [6.07, 6.45) is 0.424. The standard InChI is InChI=1S/C13H15BrCl2O4S/c1-7(2)4-8(3)20-13(17)9-5-10(15)12(14)11(6-9)21(16,18)19/h5-8H,4H2,1-3H3. The van der Waals surface area contributed by atoms with E-state index < -0.39 is 15.0 Å². The molecule has 0 heterocycles. The highest BCUT2D eigenvalue weighted by Gasteiger charge is 2.22. The highest BCUT2D eigenvalue weighted by Crippen LogP contribution is 2.33. The molecule has 0 radical (unpaired) electrons. The van der Waals surface area contributed by atoms with E-state index in [1.165, 1.54) is 6.07 Å². The lowest BCUT2D eigenvalue weighted by Crippen LogP contribution is -2.17. The SMILES string of the molecule is CC(C)CC(C)OC(=O)c1cc(Cl)c(Br)c(S(=O)(=O)Cl)c1. The predicted octanol–water partition coefficient (Wildman–Crippen LogP) is 4.62. The topological polar surface area (TPSA) is 60.4 Å². The summed E-state index contributed by atoms with van der Waals surface area (Å²) in [5.74, 6) is -0.265. The van der Waals surface area contributed by atoms with E-state index in [2.05, 4.69) is 15.9 Å². The van der Waals surface area contributed by atoms with Crippen LogP contribution in [0.15, 0.2) is 21.5 Å². The first kappa shape index (κ1) is 18.7. The van der Waals surface area contributed by atoms with Crippen molar-refractivity contribution in [3.05, 3.63) is 27.2 Å². The third kappa shape index (κ3) is 5.43. The zero-order valence-electron chi connectivity index (χ0n) is 11.7. The first-order valence-electron chi connectivity index (χ1n) is 6.17. The first-order valence-corrected chi connectivity index (χ1v) is 9.65. The lowest BCUT2D eigenvalue weighted by molar-refractivity contribution is 0.0299. The Morgan fingerprint density at radius 3 is 2.38 bits per heavy atom. The minimum Gasteiger partial charge on any atom is -0.459 e. The number of esters is 1. The molecule has 0 bridgehead atoms. The van der Waals surface area contributed by atoms with Gasteiger partial charge in [0.2, 0.25) is 0 Å². The van der Waals surface area contributed by atoms with E-state index >= 15 is 0 Å². The van der Waals surface area contributed by atoms with Crippen molar-refractivity contribution in [3.63, 3.8) is 0 Å². The molecule has 0 N–H and O–H groups in total. The van der Waals surface area contributed by atoms with Crippen LogP contribution in [0.1, 0.15) is 37.6 Å². The van der Waals surface area contributed by atoms with Crippen LogP contribution in [0.3, 0.4) is 0 Å². The Balaban J connectivity index is 3.09. The average molecular weight is 418 g/mol. The molecule has 0 aliphatic heterocycles. The van der Waals surface area contributed by atoms with Crippen molar-refractivity contribution in [1.29, 1.82) is 0 Å². The molecule has 0 fully saturated rings. The van der Waals surface area contributed by atoms with Gasteiger partial charge in [-0.3, -0.25) is 0 Å². The lowest BCUT2D eigenvalue weighted by Gasteiger charge is -2.15. The molecule has 1 rings (SSSR count). The van der Waals surface area contributed by atoms with Crippen LogP contribution in [0.2, 0.25) is 5.02 Å². The monoisotopic (exact) mass is 416 g/mol. The van der Waals surface area contributed by atoms with Crippen molar-refractivity contribution in [3.8, 4) is 0 Å². The molecule has 0 aliphatic rings. The quantitative estimate of drug-likeness (QED) is 0.517. The van der Waals surface area contributed by atoms with Gasteiger partial charge in [0.05, 0.1) is 26.1 Å². The van der Waals surface area contributed by atoms with E-state index in [4.69, 9.17) is 27.0 Å². The third-order valence-corrected chi connectivity index (χ3v) is 5.59. The third-order valence-electron chi connectivity index (χ3n) is 2.60. The van der Waals surface area contributed by atoms with Crippen LogP contribution in [0, 0.1) is 5.92 Å². The molecule has 0 amide bonds. The fourth-order valence-electron chi connectivity index (χ4n) is 1.82. The Bertz CT molecular complexity index is 644. The number of carbonyl (C=O) groups excluding carboxylic acids is 1. The molecule has 1 aromatic rings. The molecular weight excluding hydrogens is 403 g/mol. The van der Waals surface area contributed by atoms with E-state index in [1.807, 2.05) is 13.8 Å². The van der Waals surface area contributed by atoms with Crippen LogP contribution >= 0.6 is 38.2 Å². The van der Waals surface area contributed by atoms with E-state index in [-0.39, 0.29) is 26.1 Å². The van der Waals surface area contributed by atoms with Gasteiger partial charge in [-0.1, -0.05) is 25.4 Å². The molecule has 0 spiro atoms. The molecular formula is C13H15BrCl2O4S. The highest BCUT2D eigenvalue weighted by atomic mass is 79.9. The molecule has 21 heavy (non-hydrogen) atoms. The maximum Gasteiger partial charge on any atom is 0.338 e. The van der Waals surface area contributed by atoms with Crippen LogP contribution in [0.5, 0.6) is 0 Å². The molecule has 0 saturated carbocycles. The largest absolute Gasteiger partial charge is 0.459 e. The van der Waals surface area contributed by atoms with Crippen LogP contribution in [-0.2, 0) is 13.8 Å². The molecule has 1 atom stereocenters. The Kier molecular flexibility index (Phi) is 6.53. The maximum absolute atomic E-state index is 12.0. The van der Waals surface area contributed by atoms with Crippen molar-refractivity contribution in [2.45, 2.75) is 38.2 Å². The van der Waals surface area contributed by atoms with Crippen molar-refractivity contribution < 1.29 is 17.9 Å². The van der Waals surface area contributed by atoms with Crippen molar-refractivity contribution in [2.24, 2.45) is 5.92 Å². The van der Waals surface area contributed by atoms with Gasteiger partial charge in [0, 0.05) is 10.7 Å². The van der Waals surface area contributed by atoms with Crippen molar-refractivity contribution in [1.82, 2.24) is 0 Å². The fourth-order valence-corrected chi connectivity index (χ4v) is 4.20. The van der Waals surface area contributed by atoms with E-state index in [9.17, 15) is 13.2 Å². The number of hydrogen-bond acceptors (Lipinski definition) is 4. The summed E-state index contributed by atoms with van der Waals surface area (Å²) in [5.41, 5.74) is 0.0398. The van der Waals surface area contributed by atoms with Gasteiger partial charge < -0.3 is 4.74 Å². The molecule has 0 saturated heterocycles. The Labute approximate surface area is 142 Å². The van der Waals surface area contributed by atoms with Gasteiger partial charge >= 0.3 is 5.97 Å². The summed E-state index contributed by atoms with van der Waals surface area (Å²) < 4.78 is 28.3. The van der Waals surface area contributed by atoms with Crippen LogP contribution in [-0.4, -0.2) is 20.5 Å².